The molecule has 0 aliphatic carbocycles. The van der Waals surface area contributed by atoms with Crippen molar-refractivity contribution in [2.75, 3.05) is 11.4 Å². The molecule has 0 saturated carbocycles. The standard InChI is InChI=1S/C23H18ClN3O4/c24-16-5-7-18(8-6-16)27-13-15(10-22(27)28)23(29)25-12-17-11-21(31-26-17)20-9-14-3-1-2-4-19(14)30-20/h1-9,11,15H,10,12-13H2,(H,25,29). The molecule has 7 nitrogen and oxygen atoms in total. The molecule has 0 bridgehead atoms. The first-order chi connectivity index (χ1) is 15.1. The quantitative estimate of drug-likeness (QED) is 0.501. The van der Waals surface area contributed by atoms with Gasteiger partial charge in [-0.1, -0.05) is 35.0 Å². The van der Waals surface area contributed by atoms with Gasteiger partial charge < -0.3 is 19.2 Å². The lowest BCUT2D eigenvalue weighted by Crippen LogP contribution is -2.32. The van der Waals surface area contributed by atoms with Crippen LogP contribution in [-0.4, -0.2) is 23.5 Å². The summed E-state index contributed by atoms with van der Waals surface area (Å²) in [7, 11) is 0. The Kier molecular flexibility index (Phi) is 4.95. The van der Waals surface area contributed by atoms with Crippen molar-refractivity contribution in [3.8, 4) is 11.5 Å². The molecular formula is C23H18ClN3O4. The van der Waals surface area contributed by atoms with E-state index in [9.17, 15) is 9.59 Å². The Morgan fingerprint density at radius 2 is 1.94 bits per heavy atom. The van der Waals surface area contributed by atoms with E-state index in [1.807, 2.05) is 30.3 Å². The molecule has 1 saturated heterocycles. The maximum atomic E-state index is 12.6. The number of amides is 2. The van der Waals surface area contributed by atoms with Crippen molar-refractivity contribution in [1.82, 2.24) is 10.5 Å². The fourth-order valence-electron chi connectivity index (χ4n) is 3.69. The minimum atomic E-state index is -0.426. The van der Waals surface area contributed by atoms with Gasteiger partial charge >= 0.3 is 0 Å². The highest BCUT2D eigenvalue weighted by Crippen LogP contribution is 2.29. The Bertz CT molecular complexity index is 1230. The number of aromatic nitrogens is 1. The lowest BCUT2D eigenvalue weighted by molar-refractivity contribution is -0.126. The van der Waals surface area contributed by atoms with E-state index in [0.717, 1.165) is 16.7 Å². The van der Waals surface area contributed by atoms with E-state index in [4.69, 9.17) is 20.5 Å². The van der Waals surface area contributed by atoms with Gasteiger partial charge in [-0.05, 0) is 36.4 Å². The topological polar surface area (TPSA) is 88.6 Å². The molecule has 1 fully saturated rings. The SMILES string of the molecule is O=C(NCc1cc(-c2cc3ccccc3o2)on1)C1CC(=O)N(c2ccc(Cl)cc2)C1. The van der Waals surface area contributed by atoms with Crippen LogP contribution in [0.1, 0.15) is 12.1 Å². The number of nitrogens with one attached hydrogen (secondary N) is 1. The molecule has 31 heavy (non-hydrogen) atoms. The molecule has 1 aliphatic rings. The Balaban J connectivity index is 1.21. The zero-order valence-corrected chi connectivity index (χ0v) is 17.1. The molecular weight excluding hydrogens is 418 g/mol. The van der Waals surface area contributed by atoms with Crippen molar-refractivity contribution < 1.29 is 18.5 Å². The number of rotatable bonds is 5. The van der Waals surface area contributed by atoms with Crippen molar-refractivity contribution in [2.45, 2.75) is 13.0 Å². The number of carbonyl (C=O) groups is 2. The number of nitrogens with zero attached hydrogens (tertiary/aromatic N) is 2. The smallest absolute Gasteiger partial charge is 0.227 e. The Morgan fingerprint density at radius 3 is 2.74 bits per heavy atom. The lowest BCUT2D eigenvalue weighted by Gasteiger charge is -2.16. The molecule has 5 rings (SSSR count). The van der Waals surface area contributed by atoms with E-state index < -0.39 is 5.92 Å². The molecule has 2 amide bonds. The molecule has 1 aliphatic heterocycles. The number of halogens is 1. The highest BCUT2D eigenvalue weighted by molar-refractivity contribution is 6.30. The second-order valence-electron chi connectivity index (χ2n) is 7.43. The summed E-state index contributed by atoms with van der Waals surface area (Å²) in [4.78, 5) is 26.6. The first kappa shape index (κ1) is 19.4. The molecule has 1 atom stereocenters. The second kappa shape index (κ2) is 7.92. The monoisotopic (exact) mass is 435 g/mol. The summed E-state index contributed by atoms with van der Waals surface area (Å²) >= 11 is 5.91. The Hall–Kier alpha value is -3.58. The number of anilines is 1. The fourth-order valence-corrected chi connectivity index (χ4v) is 3.82. The van der Waals surface area contributed by atoms with Crippen LogP contribution in [0.5, 0.6) is 0 Å². The number of furan rings is 1. The van der Waals surface area contributed by atoms with E-state index in [1.165, 1.54) is 0 Å². The summed E-state index contributed by atoms with van der Waals surface area (Å²) in [6.07, 6.45) is 0.164. The van der Waals surface area contributed by atoms with Gasteiger partial charge in [0.2, 0.25) is 17.6 Å². The third-order valence-corrected chi connectivity index (χ3v) is 5.56. The molecule has 0 spiro atoms. The van der Waals surface area contributed by atoms with Crippen LogP contribution in [0.15, 0.2) is 69.6 Å². The third kappa shape index (κ3) is 3.92. The number of benzene rings is 2. The summed E-state index contributed by atoms with van der Waals surface area (Å²) in [5.74, 6) is 0.357. The molecule has 1 N–H and O–H groups in total. The maximum Gasteiger partial charge on any atom is 0.227 e. The van der Waals surface area contributed by atoms with Crippen LogP contribution in [0.4, 0.5) is 5.69 Å². The minimum Gasteiger partial charge on any atom is -0.453 e. The Morgan fingerprint density at radius 1 is 1.13 bits per heavy atom. The summed E-state index contributed by atoms with van der Waals surface area (Å²) < 4.78 is 11.1. The van der Waals surface area contributed by atoms with Crippen LogP contribution in [0.25, 0.3) is 22.5 Å². The van der Waals surface area contributed by atoms with Crippen molar-refractivity contribution >= 4 is 40.1 Å². The number of para-hydroxylation sites is 1. The molecule has 8 heteroatoms. The van der Waals surface area contributed by atoms with E-state index in [1.54, 1.807) is 35.2 Å². The van der Waals surface area contributed by atoms with E-state index in [0.29, 0.717) is 28.8 Å². The van der Waals surface area contributed by atoms with E-state index >= 15 is 0 Å². The van der Waals surface area contributed by atoms with Crippen LogP contribution in [0.2, 0.25) is 5.02 Å². The number of hydrogen-bond acceptors (Lipinski definition) is 5. The number of carbonyl (C=O) groups excluding carboxylic acids is 2. The van der Waals surface area contributed by atoms with Crippen molar-refractivity contribution in [3.05, 3.63) is 71.4 Å². The van der Waals surface area contributed by atoms with Gasteiger partial charge in [-0.2, -0.15) is 0 Å². The molecule has 156 valence electrons. The Labute approximate surface area is 182 Å². The fraction of sp³-hybridized carbons (Fsp3) is 0.174. The highest BCUT2D eigenvalue weighted by atomic mass is 35.5. The van der Waals surface area contributed by atoms with Gasteiger partial charge in [0, 0.05) is 35.1 Å². The van der Waals surface area contributed by atoms with Gasteiger partial charge in [-0.15, -0.1) is 0 Å². The van der Waals surface area contributed by atoms with Crippen LogP contribution in [-0.2, 0) is 16.1 Å². The van der Waals surface area contributed by atoms with E-state index in [2.05, 4.69) is 10.5 Å². The summed E-state index contributed by atoms with van der Waals surface area (Å²) in [5, 5.41) is 8.42. The summed E-state index contributed by atoms with van der Waals surface area (Å²) in [6, 6.07) is 18.3. The molecule has 2 aromatic heterocycles. The average Bonchev–Trinajstić information content (AvgIpc) is 3.50. The largest absolute Gasteiger partial charge is 0.453 e. The first-order valence-electron chi connectivity index (χ1n) is 9.85. The van der Waals surface area contributed by atoms with Gasteiger partial charge in [0.05, 0.1) is 12.5 Å². The van der Waals surface area contributed by atoms with Crippen LogP contribution in [0.3, 0.4) is 0 Å². The third-order valence-electron chi connectivity index (χ3n) is 5.31. The predicted molar refractivity (Wildman–Crippen MR) is 115 cm³/mol. The molecule has 3 heterocycles. The zero-order chi connectivity index (χ0) is 21.4. The van der Waals surface area contributed by atoms with Crippen LogP contribution in [0, 0.1) is 5.92 Å². The second-order valence-corrected chi connectivity index (χ2v) is 7.87. The van der Waals surface area contributed by atoms with E-state index in [-0.39, 0.29) is 24.8 Å². The first-order valence-corrected chi connectivity index (χ1v) is 10.2. The normalized spacial score (nSPS) is 16.2. The minimum absolute atomic E-state index is 0.0870. The number of fused-ring (bicyclic) bond motifs is 1. The average molecular weight is 436 g/mol. The maximum absolute atomic E-state index is 12.6. The van der Waals surface area contributed by atoms with Gasteiger partial charge in [0.25, 0.3) is 0 Å². The van der Waals surface area contributed by atoms with Crippen LogP contribution < -0.4 is 10.2 Å². The van der Waals surface area contributed by atoms with Gasteiger partial charge in [0.15, 0.2) is 5.76 Å². The van der Waals surface area contributed by atoms with Crippen molar-refractivity contribution in [2.24, 2.45) is 5.92 Å². The predicted octanol–water partition coefficient (Wildman–Crippen LogP) is 4.41. The van der Waals surface area contributed by atoms with Gasteiger partial charge in [0.1, 0.15) is 11.3 Å². The molecule has 2 aromatic carbocycles. The molecule has 4 aromatic rings. The lowest BCUT2D eigenvalue weighted by atomic mass is 10.1. The van der Waals surface area contributed by atoms with Crippen LogP contribution >= 0.6 is 11.6 Å². The van der Waals surface area contributed by atoms with Crippen molar-refractivity contribution in [1.29, 1.82) is 0 Å². The van der Waals surface area contributed by atoms with Gasteiger partial charge in [-0.25, -0.2) is 0 Å². The van der Waals surface area contributed by atoms with Gasteiger partial charge in [-0.3, -0.25) is 9.59 Å². The zero-order valence-electron chi connectivity index (χ0n) is 16.4. The van der Waals surface area contributed by atoms with Crippen molar-refractivity contribution in [3.63, 3.8) is 0 Å². The molecule has 1 unspecified atom stereocenters. The number of hydrogen-bond donors (Lipinski definition) is 1. The summed E-state index contributed by atoms with van der Waals surface area (Å²) in [6.45, 7) is 0.531. The molecule has 0 radical (unpaired) electrons. The summed E-state index contributed by atoms with van der Waals surface area (Å²) in [5.41, 5.74) is 2.07. The highest BCUT2D eigenvalue weighted by Gasteiger charge is 2.35.